The molecular formula is C19H21F2NO2. The van der Waals surface area contributed by atoms with Gasteiger partial charge in [-0.2, -0.15) is 0 Å². The summed E-state index contributed by atoms with van der Waals surface area (Å²) >= 11 is 0. The van der Waals surface area contributed by atoms with E-state index in [1.54, 1.807) is 18.2 Å². The lowest BCUT2D eigenvalue weighted by Gasteiger charge is -2.26. The summed E-state index contributed by atoms with van der Waals surface area (Å²) in [6, 6.07) is 12.2. The third-order valence-corrected chi connectivity index (χ3v) is 3.74. The van der Waals surface area contributed by atoms with Gasteiger partial charge in [0.05, 0.1) is 13.0 Å². The largest absolute Gasteiger partial charge is 0.493 e. The zero-order valence-corrected chi connectivity index (χ0v) is 13.8. The van der Waals surface area contributed by atoms with Crippen LogP contribution in [0.1, 0.15) is 25.8 Å². The number of carbonyl (C=O) groups excluding carboxylic acids is 1. The average molecular weight is 333 g/mol. The Morgan fingerprint density at radius 1 is 1.08 bits per heavy atom. The zero-order valence-electron chi connectivity index (χ0n) is 13.8. The molecule has 0 atom stereocenters. The van der Waals surface area contributed by atoms with Gasteiger partial charge in [-0.15, -0.1) is 0 Å². The smallest absolute Gasteiger partial charge is 0.223 e. The van der Waals surface area contributed by atoms with Gasteiger partial charge in [-0.1, -0.05) is 32.0 Å². The molecule has 0 saturated carbocycles. The first-order valence-electron chi connectivity index (χ1n) is 7.78. The Hall–Kier alpha value is -2.43. The lowest BCUT2D eigenvalue weighted by atomic mass is 9.84. The predicted octanol–water partition coefficient (Wildman–Crippen LogP) is 3.83. The van der Waals surface area contributed by atoms with Crippen LogP contribution in [0.2, 0.25) is 0 Å². The van der Waals surface area contributed by atoms with Gasteiger partial charge in [-0.3, -0.25) is 4.79 Å². The molecule has 0 aromatic heterocycles. The van der Waals surface area contributed by atoms with Crippen molar-refractivity contribution in [2.45, 2.75) is 25.7 Å². The summed E-state index contributed by atoms with van der Waals surface area (Å²) in [5, 5.41) is 2.80. The van der Waals surface area contributed by atoms with Gasteiger partial charge >= 0.3 is 0 Å². The van der Waals surface area contributed by atoms with E-state index in [-0.39, 0.29) is 30.6 Å². The highest BCUT2D eigenvalue weighted by Gasteiger charge is 2.24. The van der Waals surface area contributed by atoms with E-state index in [1.165, 1.54) is 30.3 Å². The van der Waals surface area contributed by atoms with Crippen molar-refractivity contribution in [2.24, 2.45) is 0 Å². The molecule has 0 spiro atoms. The van der Waals surface area contributed by atoms with Gasteiger partial charge in [0.25, 0.3) is 0 Å². The van der Waals surface area contributed by atoms with Crippen LogP contribution >= 0.6 is 0 Å². The first-order valence-corrected chi connectivity index (χ1v) is 7.78. The molecule has 0 fully saturated rings. The Morgan fingerprint density at radius 3 is 2.42 bits per heavy atom. The van der Waals surface area contributed by atoms with E-state index in [9.17, 15) is 13.6 Å². The number of hydrogen-bond donors (Lipinski definition) is 1. The summed E-state index contributed by atoms with van der Waals surface area (Å²) in [6.45, 7) is 4.27. The van der Waals surface area contributed by atoms with Crippen LogP contribution in [0.15, 0.2) is 48.5 Å². The highest BCUT2D eigenvalue weighted by molar-refractivity contribution is 5.76. The molecular weight excluding hydrogens is 312 g/mol. The SMILES string of the molecule is CC(C)(CNC(=O)CCOc1ccc(F)cc1)c1ccccc1F. The van der Waals surface area contributed by atoms with Gasteiger partial charge < -0.3 is 10.1 Å². The molecule has 0 radical (unpaired) electrons. The summed E-state index contributed by atoms with van der Waals surface area (Å²) in [4.78, 5) is 11.9. The maximum atomic E-state index is 13.9. The van der Waals surface area contributed by atoms with Crippen LogP contribution in [-0.2, 0) is 10.2 Å². The van der Waals surface area contributed by atoms with Crippen molar-refractivity contribution in [1.29, 1.82) is 0 Å². The molecule has 24 heavy (non-hydrogen) atoms. The number of carbonyl (C=O) groups is 1. The van der Waals surface area contributed by atoms with E-state index in [1.807, 2.05) is 13.8 Å². The van der Waals surface area contributed by atoms with Crippen molar-refractivity contribution in [3.63, 3.8) is 0 Å². The van der Waals surface area contributed by atoms with Crippen LogP contribution in [0, 0.1) is 11.6 Å². The van der Waals surface area contributed by atoms with E-state index in [4.69, 9.17) is 4.74 Å². The summed E-state index contributed by atoms with van der Waals surface area (Å²) in [5.41, 5.74) is 0.0478. The molecule has 3 nitrogen and oxygen atoms in total. The second kappa shape index (κ2) is 7.90. The third-order valence-electron chi connectivity index (χ3n) is 3.74. The first-order chi connectivity index (χ1) is 11.4. The molecule has 2 aromatic rings. The van der Waals surface area contributed by atoms with Gasteiger partial charge in [-0.25, -0.2) is 8.78 Å². The Balaban J connectivity index is 1.78. The molecule has 1 N–H and O–H groups in total. The fraction of sp³-hybridized carbons (Fsp3) is 0.316. The molecule has 0 heterocycles. The van der Waals surface area contributed by atoms with Gasteiger partial charge in [0.1, 0.15) is 17.4 Å². The minimum Gasteiger partial charge on any atom is -0.493 e. The molecule has 5 heteroatoms. The van der Waals surface area contributed by atoms with Gasteiger partial charge in [0.2, 0.25) is 5.91 Å². The highest BCUT2D eigenvalue weighted by atomic mass is 19.1. The van der Waals surface area contributed by atoms with Crippen LogP contribution in [0.25, 0.3) is 0 Å². The number of amides is 1. The Labute approximate surface area is 140 Å². The molecule has 0 aliphatic carbocycles. The predicted molar refractivity (Wildman–Crippen MR) is 88.9 cm³/mol. The van der Waals surface area contributed by atoms with Crippen LogP contribution in [0.5, 0.6) is 5.75 Å². The number of hydrogen-bond acceptors (Lipinski definition) is 2. The van der Waals surface area contributed by atoms with Crippen molar-refractivity contribution < 1.29 is 18.3 Å². The van der Waals surface area contributed by atoms with Gasteiger partial charge in [0.15, 0.2) is 0 Å². The van der Waals surface area contributed by atoms with Crippen LogP contribution < -0.4 is 10.1 Å². The monoisotopic (exact) mass is 333 g/mol. The van der Waals surface area contributed by atoms with E-state index in [0.29, 0.717) is 17.9 Å². The molecule has 0 bridgehead atoms. The molecule has 2 aromatic carbocycles. The van der Waals surface area contributed by atoms with Gasteiger partial charge in [0, 0.05) is 12.0 Å². The highest BCUT2D eigenvalue weighted by Crippen LogP contribution is 2.24. The van der Waals surface area contributed by atoms with Gasteiger partial charge in [-0.05, 0) is 35.9 Å². The number of rotatable bonds is 7. The molecule has 0 aliphatic heterocycles. The molecule has 0 unspecified atom stereocenters. The topological polar surface area (TPSA) is 38.3 Å². The Bertz CT molecular complexity index is 684. The molecule has 128 valence electrons. The first kappa shape index (κ1) is 17.9. The fourth-order valence-electron chi connectivity index (χ4n) is 2.31. The van der Waals surface area contributed by atoms with Crippen molar-refractivity contribution >= 4 is 5.91 Å². The maximum Gasteiger partial charge on any atom is 0.223 e. The number of ether oxygens (including phenoxy) is 1. The lowest BCUT2D eigenvalue weighted by molar-refractivity contribution is -0.121. The minimum absolute atomic E-state index is 0.171. The minimum atomic E-state index is -0.515. The van der Waals surface area contributed by atoms with E-state index < -0.39 is 5.41 Å². The van der Waals surface area contributed by atoms with E-state index in [0.717, 1.165) is 0 Å². The zero-order chi connectivity index (χ0) is 17.6. The van der Waals surface area contributed by atoms with Crippen LogP contribution in [0.4, 0.5) is 8.78 Å². The lowest BCUT2D eigenvalue weighted by Crippen LogP contribution is -2.37. The fourth-order valence-corrected chi connectivity index (χ4v) is 2.31. The van der Waals surface area contributed by atoms with Crippen molar-refractivity contribution in [2.75, 3.05) is 13.2 Å². The normalized spacial score (nSPS) is 11.2. The Morgan fingerprint density at radius 2 is 1.75 bits per heavy atom. The molecule has 1 amide bonds. The van der Waals surface area contributed by atoms with Crippen LogP contribution in [-0.4, -0.2) is 19.1 Å². The number of nitrogens with one attached hydrogen (secondary N) is 1. The second-order valence-electron chi connectivity index (χ2n) is 6.19. The summed E-state index contributed by atoms with van der Waals surface area (Å²) < 4.78 is 32.0. The second-order valence-corrected chi connectivity index (χ2v) is 6.19. The summed E-state index contributed by atoms with van der Waals surface area (Å²) in [5.74, 6) is -0.288. The van der Waals surface area contributed by atoms with E-state index >= 15 is 0 Å². The van der Waals surface area contributed by atoms with E-state index in [2.05, 4.69) is 5.32 Å². The molecule has 2 rings (SSSR count). The van der Waals surface area contributed by atoms with Crippen LogP contribution in [0.3, 0.4) is 0 Å². The van der Waals surface area contributed by atoms with Crippen molar-refractivity contribution in [1.82, 2.24) is 5.32 Å². The quantitative estimate of drug-likeness (QED) is 0.836. The maximum absolute atomic E-state index is 13.9. The number of halogens is 2. The molecule has 0 aliphatic rings. The number of benzene rings is 2. The summed E-state index contributed by atoms with van der Waals surface area (Å²) in [7, 11) is 0. The molecule has 0 saturated heterocycles. The third kappa shape index (κ3) is 5.05. The average Bonchev–Trinajstić information content (AvgIpc) is 2.55. The Kier molecular flexibility index (Phi) is 5.90. The standard InChI is InChI=1S/C19H21F2NO2/c1-19(2,16-5-3-4-6-17(16)21)13-22-18(23)11-12-24-15-9-7-14(20)8-10-15/h3-10H,11-13H2,1-2H3,(H,22,23). The van der Waals surface area contributed by atoms with Crippen molar-refractivity contribution in [3.8, 4) is 5.75 Å². The summed E-state index contributed by atoms with van der Waals surface area (Å²) in [6.07, 6.45) is 0.171. The van der Waals surface area contributed by atoms with Crippen molar-refractivity contribution in [3.05, 3.63) is 65.7 Å².